The summed E-state index contributed by atoms with van der Waals surface area (Å²) in [7, 11) is -3.33. The lowest BCUT2D eigenvalue weighted by atomic mass is 10.0. The zero-order chi connectivity index (χ0) is 13.5. The van der Waals surface area contributed by atoms with E-state index in [0.29, 0.717) is 5.52 Å². The number of nitrogens with zero attached hydrogens (tertiary/aromatic N) is 1. The molecule has 0 amide bonds. The second kappa shape index (κ2) is 4.22. The highest BCUT2D eigenvalue weighted by Crippen LogP contribution is 2.27. The van der Waals surface area contributed by atoms with Crippen LogP contribution in [0.2, 0.25) is 0 Å². The van der Waals surface area contributed by atoms with Crippen molar-refractivity contribution in [3.05, 3.63) is 48.5 Å². The zero-order valence-corrected chi connectivity index (χ0v) is 10.9. The van der Waals surface area contributed by atoms with Crippen molar-refractivity contribution in [3.8, 4) is 11.1 Å². The highest BCUT2D eigenvalue weighted by atomic mass is 32.2. The fourth-order valence-electron chi connectivity index (χ4n) is 2.01. The van der Waals surface area contributed by atoms with Gasteiger partial charge in [0.05, 0.1) is 11.0 Å². The number of H-pyrrole nitrogens is 1. The maximum absolute atomic E-state index is 11.6. The van der Waals surface area contributed by atoms with E-state index in [1.165, 1.54) is 0 Å². The van der Waals surface area contributed by atoms with E-state index in [2.05, 4.69) is 15.8 Å². The summed E-state index contributed by atoms with van der Waals surface area (Å²) in [5.74, 6) is 3.23. The number of para-hydroxylation sites is 1. The Morgan fingerprint density at radius 3 is 2.53 bits per heavy atom. The third-order valence-electron chi connectivity index (χ3n) is 2.88. The quantitative estimate of drug-likeness (QED) is 0.705. The van der Waals surface area contributed by atoms with Crippen molar-refractivity contribution in [1.82, 2.24) is 9.97 Å². The number of rotatable bonds is 2. The van der Waals surface area contributed by atoms with E-state index in [1.54, 1.807) is 0 Å². The minimum Gasteiger partial charge on any atom is -0.329 e. The minimum absolute atomic E-state index is 0.00545. The Kier molecular flexibility index (Phi) is 2.66. The fraction of sp³-hybridized carbons (Fsp3) is 0. The van der Waals surface area contributed by atoms with Gasteiger partial charge >= 0.3 is 0 Å². The van der Waals surface area contributed by atoms with Gasteiger partial charge in [-0.1, -0.05) is 42.5 Å². The molecule has 1 heterocycles. The SMILES string of the molecule is C=S(=O)(O)c1nc2c(-c3ccccc3)cccc2[nH]1. The molecule has 2 N–H and O–H groups in total. The van der Waals surface area contributed by atoms with E-state index >= 15 is 0 Å². The van der Waals surface area contributed by atoms with Gasteiger partial charge in [-0.15, -0.1) is 0 Å². The molecule has 0 fully saturated rings. The number of aromatic nitrogens is 2. The molecule has 1 unspecified atom stereocenters. The molecule has 96 valence electrons. The van der Waals surface area contributed by atoms with Crippen molar-refractivity contribution in [1.29, 1.82) is 0 Å². The molecule has 2 aromatic carbocycles. The molecule has 0 aliphatic heterocycles. The van der Waals surface area contributed by atoms with Crippen LogP contribution in [0.4, 0.5) is 0 Å². The number of nitrogens with one attached hydrogen (secondary N) is 1. The summed E-state index contributed by atoms with van der Waals surface area (Å²) in [5.41, 5.74) is 3.33. The van der Waals surface area contributed by atoms with E-state index in [-0.39, 0.29) is 5.16 Å². The van der Waals surface area contributed by atoms with Crippen molar-refractivity contribution in [2.24, 2.45) is 0 Å². The molecule has 0 aliphatic rings. The smallest absolute Gasteiger partial charge is 0.214 e. The normalized spacial score (nSPS) is 14.4. The van der Waals surface area contributed by atoms with E-state index < -0.39 is 9.80 Å². The Balaban J connectivity index is 2.30. The van der Waals surface area contributed by atoms with Gasteiger partial charge in [0.1, 0.15) is 9.80 Å². The number of hydrogen-bond donors (Lipinski definition) is 2. The van der Waals surface area contributed by atoms with Crippen LogP contribution in [-0.4, -0.2) is 24.6 Å². The van der Waals surface area contributed by atoms with E-state index in [0.717, 1.165) is 16.6 Å². The summed E-state index contributed by atoms with van der Waals surface area (Å²) in [6, 6.07) is 15.4. The van der Waals surface area contributed by atoms with Gasteiger partial charge in [0.2, 0.25) is 5.16 Å². The van der Waals surface area contributed by atoms with Gasteiger partial charge in [0, 0.05) is 5.56 Å². The van der Waals surface area contributed by atoms with Crippen LogP contribution in [0.3, 0.4) is 0 Å². The summed E-state index contributed by atoms with van der Waals surface area (Å²) in [6.45, 7) is 0. The first-order valence-electron chi connectivity index (χ1n) is 5.69. The van der Waals surface area contributed by atoms with Crippen LogP contribution in [0.5, 0.6) is 0 Å². The van der Waals surface area contributed by atoms with Gasteiger partial charge in [-0.3, -0.25) is 0 Å². The number of fused-ring (bicyclic) bond motifs is 1. The average Bonchev–Trinajstić information content (AvgIpc) is 2.83. The number of imidazole rings is 1. The van der Waals surface area contributed by atoms with Crippen molar-refractivity contribution < 1.29 is 8.76 Å². The van der Waals surface area contributed by atoms with Crippen molar-refractivity contribution >= 4 is 26.7 Å². The number of aromatic amines is 1. The lowest BCUT2D eigenvalue weighted by molar-refractivity contribution is 0.553. The molecule has 4 nitrogen and oxygen atoms in total. The first-order valence-corrected chi connectivity index (χ1v) is 7.38. The molecule has 1 aromatic heterocycles. The van der Waals surface area contributed by atoms with Crippen LogP contribution in [0.25, 0.3) is 22.2 Å². The third kappa shape index (κ3) is 2.14. The average molecular weight is 272 g/mol. The van der Waals surface area contributed by atoms with Gasteiger partial charge < -0.3 is 9.54 Å². The topological polar surface area (TPSA) is 66.0 Å². The molecule has 0 saturated heterocycles. The lowest BCUT2D eigenvalue weighted by Gasteiger charge is -2.01. The number of hydrogen-bond acceptors (Lipinski definition) is 2. The van der Waals surface area contributed by atoms with E-state index in [1.807, 2.05) is 48.5 Å². The summed E-state index contributed by atoms with van der Waals surface area (Å²) in [6.07, 6.45) is 0. The maximum atomic E-state index is 11.6. The van der Waals surface area contributed by atoms with E-state index in [9.17, 15) is 8.76 Å². The molecule has 1 atom stereocenters. The summed E-state index contributed by atoms with van der Waals surface area (Å²) in [4.78, 5) is 7.06. The monoisotopic (exact) mass is 272 g/mol. The van der Waals surface area contributed by atoms with Gasteiger partial charge in [0.15, 0.2) is 0 Å². The maximum Gasteiger partial charge on any atom is 0.214 e. The predicted octanol–water partition coefficient (Wildman–Crippen LogP) is 2.78. The molecular weight excluding hydrogens is 260 g/mol. The van der Waals surface area contributed by atoms with Gasteiger partial charge in [-0.05, 0) is 17.5 Å². The highest BCUT2D eigenvalue weighted by molar-refractivity contribution is 7.94. The molecule has 0 spiro atoms. The Labute approximate surface area is 111 Å². The van der Waals surface area contributed by atoms with Crippen LogP contribution >= 0.6 is 0 Å². The first-order chi connectivity index (χ1) is 9.05. The van der Waals surface area contributed by atoms with Crippen LogP contribution < -0.4 is 0 Å². The van der Waals surface area contributed by atoms with Gasteiger partial charge in [0.25, 0.3) is 0 Å². The standard InChI is InChI=1S/C14H12N2O2S/c1-19(17,18)14-15-12-9-5-8-11(13(12)16-14)10-6-3-2-4-7-10/h2-9H,1H2,(H,15,16)(H,17,18). The van der Waals surface area contributed by atoms with Gasteiger partial charge in [-0.25, -0.2) is 9.19 Å². The Morgan fingerprint density at radius 1 is 1.11 bits per heavy atom. The molecule has 0 radical (unpaired) electrons. The second-order valence-electron chi connectivity index (χ2n) is 4.25. The minimum atomic E-state index is -3.33. The number of benzene rings is 2. The lowest BCUT2D eigenvalue weighted by Crippen LogP contribution is -1.99. The highest BCUT2D eigenvalue weighted by Gasteiger charge is 2.12. The Bertz CT molecular complexity index is 836. The molecule has 3 aromatic rings. The van der Waals surface area contributed by atoms with Crippen LogP contribution in [-0.2, 0) is 9.80 Å². The zero-order valence-electron chi connectivity index (χ0n) is 10.0. The Morgan fingerprint density at radius 2 is 1.84 bits per heavy atom. The molecule has 3 rings (SSSR count). The van der Waals surface area contributed by atoms with Crippen molar-refractivity contribution in [2.45, 2.75) is 5.16 Å². The third-order valence-corrected chi connectivity index (χ3v) is 3.68. The summed E-state index contributed by atoms with van der Waals surface area (Å²) in [5, 5.41) is 0.00545. The molecule has 0 aliphatic carbocycles. The fourth-order valence-corrected chi connectivity index (χ4v) is 2.51. The molecular formula is C14H12N2O2S. The largest absolute Gasteiger partial charge is 0.329 e. The molecule has 0 bridgehead atoms. The van der Waals surface area contributed by atoms with Crippen LogP contribution in [0, 0.1) is 0 Å². The molecule has 5 heteroatoms. The predicted molar refractivity (Wildman–Crippen MR) is 77.7 cm³/mol. The Hall–Kier alpha value is -2.11. The van der Waals surface area contributed by atoms with Crippen molar-refractivity contribution in [2.75, 3.05) is 0 Å². The van der Waals surface area contributed by atoms with Crippen LogP contribution in [0.1, 0.15) is 0 Å². The summed E-state index contributed by atoms with van der Waals surface area (Å²) >= 11 is 0. The van der Waals surface area contributed by atoms with E-state index in [4.69, 9.17) is 0 Å². The van der Waals surface area contributed by atoms with Crippen LogP contribution in [0.15, 0.2) is 53.7 Å². The first kappa shape index (κ1) is 12.0. The second-order valence-corrected chi connectivity index (χ2v) is 5.92. The molecule has 19 heavy (non-hydrogen) atoms. The summed E-state index contributed by atoms with van der Waals surface area (Å²) < 4.78 is 21.0. The molecule has 0 saturated carbocycles. The van der Waals surface area contributed by atoms with Crippen molar-refractivity contribution in [3.63, 3.8) is 0 Å². The van der Waals surface area contributed by atoms with Gasteiger partial charge in [-0.2, -0.15) is 0 Å².